The summed E-state index contributed by atoms with van der Waals surface area (Å²) in [6, 6.07) is 1.78. The number of halogens is 1. The zero-order chi connectivity index (χ0) is 11.4. The van der Waals surface area contributed by atoms with E-state index in [9.17, 15) is 4.79 Å². The molecule has 0 aromatic carbocycles. The normalized spacial score (nSPS) is 12.5. The van der Waals surface area contributed by atoms with Crippen LogP contribution >= 0.6 is 27.7 Å². The second-order valence-corrected chi connectivity index (χ2v) is 4.95. The van der Waals surface area contributed by atoms with E-state index < -0.39 is 11.2 Å². The number of aryl methyl sites for hydroxylation is 1. The summed E-state index contributed by atoms with van der Waals surface area (Å²) in [6.07, 6.45) is 0.551. The van der Waals surface area contributed by atoms with Gasteiger partial charge in [-0.1, -0.05) is 18.7 Å². The van der Waals surface area contributed by atoms with Crippen molar-refractivity contribution in [1.82, 2.24) is 9.97 Å². The summed E-state index contributed by atoms with van der Waals surface area (Å²) in [5.41, 5.74) is 0.819. The Morgan fingerprint density at radius 3 is 2.80 bits per heavy atom. The highest BCUT2D eigenvalue weighted by Gasteiger charge is 2.18. The van der Waals surface area contributed by atoms with Gasteiger partial charge in [0.15, 0.2) is 5.16 Å². The first-order valence-corrected chi connectivity index (χ1v) is 6.10. The zero-order valence-electron chi connectivity index (χ0n) is 8.40. The maximum absolute atomic E-state index is 10.8. The molecule has 15 heavy (non-hydrogen) atoms. The van der Waals surface area contributed by atoms with Crippen molar-refractivity contribution in [1.29, 1.82) is 0 Å². The fourth-order valence-corrected chi connectivity index (χ4v) is 2.48. The molecule has 0 saturated carbocycles. The summed E-state index contributed by atoms with van der Waals surface area (Å²) >= 11 is 4.42. The molecule has 0 aliphatic rings. The molecular weight excluding hydrogens is 280 g/mol. The fraction of sp³-hybridized carbons (Fsp3) is 0.444. The molecule has 82 valence electrons. The van der Waals surface area contributed by atoms with Crippen molar-refractivity contribution in [2.75, 3.05) is 0 Å². The summed E-state index contributed by atoms with van der Waals surface area (Å²) in [5.74, 6) is -0.830. The molecule has 1 atom stereocenters. The standard InChI is InChI=1S/C9H11BrN2O2S/c1-3-6(8(13)14)15-9-11-5(2)4-7(10)12-9/h4,6H,3H2,1-2H3,(H,13,14). The Hall–Kier alpha value is -0.620. The molecule has 0 radical (unpaired) electrons. The molecule has 0 saturated heterocycles. The van der Waals surface area contributed by atoms with Gasteiger partial charge in [-0.25, -0.2) is 9.97 Å². The monoisotopic (exact) mass is 290 g/mol. The smallest absolute Gasteiger partial charge is 0.317 e. The number of hydrogen-bond acceptors (Lipinski definition) is 4. The highest BCUT2D eigenvalue weighted by molar-refractivity contribution is 9.10. The Balaban J connectivity index is 2.83. The van der Waals surface area contributed by atoms with Gasteiger partial charge >= 0.3 is 5.97 Å². The maximum atomic E-state index is 10.8. The van der Waals surface area contributed by atoms with Gasteiger partial charge in [0.1, 0.15) is 9.85 Å². The fourth-order valence-electron chi connectivity index (χ4n) is 0.992. The maximum Gasteiger partial charge on any atom is 0.317 e. The third-order valence-electron chi connectivity index (χ3n) is 1.70. The van der Waals surface area contributed by atoms with Crippen LogP contribution in [0.2, 0.25) is 0 Å². The van der Waals surface area contributed by atoms with E-state index in [0.29, 0.717) is 16.2 Å². The van der Waals surface area contributed by atoms with Gasteiger partial charge in [-0.15, -0.1) is 0 Å². The Bertz CT molecular complexity index is 353. The van der Waals surface area contributed by atoms with Crippen molar-refractivity contribution in [3.63, 3.8) is 0 Å². The van der Waals surface area contributed by atoms with Crippen LogP contribution in [0.15, 0.2) is 15.8 Å². The molecule has 1 rings (SSSR count). The van der Waals surface area contributed by atoms with E-state index in [2.05, 4.69) is 25.9 Å². The molecule has 1 heterocycles. The van der Waals surface area contributed by atoms with E-state index in [1.807, 2.05) is 13.8 Å². The Morgan fingerprint density at radius 2 is 2.33 bits per heavy atom. The van der Waals surface area contributed by atoms with Crippen LogP contribution in [0.1, 0.15) is 19.0 Å². The molecular formula is C9H11BrN2O2S. The second kappa shape index (κ2) is 5.46. The first-order chi connectivity index (χ1) is 7.02. The summed E-state index contributed by atoms with van der Waals surface area (Å²) in [4.78, 5) is 19.1. The van der Waals surface area contributed by atoms with Crippen molar-refractivity contribution in [2.45, 2.75) is 30.7 Å². The van der Waals surface area contributed by atoms with Crippen molar-refractivity contribution in [3.8, 4) is 0 Å². The molecule has 0 amide bonds. The van der Waals surface area contributed by atoms with Gasteiger partial charge in [0.25, 0.3) is 0 Å². The minimum Gasteiger partial charge on any atom is -0.480 e. The SMILES string of the molecule is CCC(Sc1nc(C)cc(Br)n1)C(=O)O. The van der Waals surface area contributed by atoms with Gasteiger partial charge in [0.2, 0.25) is 0 Å². The summed E-state index contributed by atoms with van der Waals surface area (Å²) in [7, 11) is 0. The van der Waals surface area contributed by atoms with Gasteiger partial charge in [-0.05, 0) is 35.3 Å². The van der Waals surface area contributed by atoms with Crippen LogP contribution in [-0.4, -0.2) is 26.3 Å². The van der Waals surface area contributed by atoms with Crippen LogP contribution < -0.4 is 0 Å². The van der Waals surface area contributed by atoms with Crippen LogP contribution in [0.3, 0.4) is 0 Å². The molecule has 1 aromatic rings. The van der Waals surface area contributed by atoms with Gasteiger partial charge < -0.3 is 5.11 Å². The minimum atomic E-state index is -0.830. The quantitative estimate of drug-likeness (QED) is 0.524. The lowest BCUT2D eigenvalue weighted by Crippen LogP contribution is -2.15. The summed E-state index contributed by atoms with van der Waals surface area (Å²) in [6.45, 7) is 3.68. The topological polar surface area (TPSA) is 63.1 Å². The lowest BCUT2D eigenvalue weighted by molar-refractivity contribution is -0.136. The van der Waals surface area contributed by atoms with Gasteiger partial charge in [0.05, 0.1) is 0 Å². The number of carboxylic acid groups (broad SMARTS) is 1. The summed E-state index contributed by atoms with van der Waals surface area (Å²) < 4.78 is 0.678. The number of aromatic nitrogens is 2. The predicted octanol–water partition coefficient (Wildman–Crippen LogP) is 2.50. The first-order valence-electron chi connectivity index (χ1n) is 4.43. The molecule has 0 aliphatic heterocycles. The number of aliphatic carboxylic acids is 1. The van der Waals surface area contributed by atoms with E-state index in [-0.39, 0.29) is 0 Å². The largest absolute Gasteiger partial charge is 0.480 e. The number of carbonyl (C=O) groups is 1. The van der Waals surface area contributed by atoms with Crippen molar-refractivity contribution in [2.24, 2.45) is 0 Å². The van der Waals surface area contributed by atoms with Gasteiger partial charge in [0, 0.05) is 5.69 Å². The molecule has 4 nitrogen and oxygen atoms in total. The van der Waals surface area contributed by atoms with E-state index in [1.54, 1.807) is 6.07 Å². The molecule has 1 N–H and O–H groups in total. The zero-order valence-corrected chi connectivity index (χ0v) is 10.8. The van der Waals surface area contributed by atoms with E-state index in [1.165, 1.54) is 11.8 Å². The Labute approximate surface area is 101 Å². The van der Waals surface area contributed by atoms with Crippen LogP contribution in [0.25, 0.3) is 0 Å². The number of rotatable bonds is 4. The van der Waals surface area contributed by atoms with Crippen LogP contribution in [0, 0.1) is 6.92 Å². The lowest BCUT2D eigenvalue weighted by atomic mass is 10.3. The molecule has 0 bridgehead atoms. The predicted molar refractivity (Wildman–Crippen MR) is 62.0 cm³/mol. The number of hydrogen-bond donors (Lipinski definition) is 1. The van der Waals surface area contributed by atoms with E-state index in [4.69, 9.17) is 5.11 Å². The van der Waals surface area contributed by atoms with Crippen LogP contribution in [-0.2, 0) is 4.79 Å². The average molecular weight is 291 g/mol. The molecule has 1 unspecified atom stereocenters. The first kappa shape index (κ1) is 12.4. The molecule has 0 fully saturated rings. The molecule has 0 spiro atoms. The highest BCUT2D eigenvalue weighted by Crippen LogP contribution is 2.23. The second-order valence-electron chi connectivity index (χ2n) is 2.97. The van der Waals surface area contributed by atoms with Crippen LogP contribution in [0.5, 0.6) is 0 Å². The molecule has 0 aliphatic carbocycles. The third-order valence-corrected chi connectivity index (χ3v) is 3.32. The molecule has 1 aromatic heterocycles. The molecule has 6 heteroatoms. The number of nitrogens with zero attached hydrogens (tertiary/aromatic N) is 2. The van der Waals surface area contributed by atoms with E-state index >= 15 is 0 Å². The van der Waals surface area contributed by atoms with Crippen molar-refractivity contribution >= 4 is 33.7 Å². The number of thioether (sulfide) groups is 1. The van der Waals surface area contributed by atoms with Gasteiger partial charge in [-0.2, -0.15) is 0 Å². The average Bonchev–Trinajstić information content (AvgIpc) is 2.12. The highest BCUT2D eigenvalue weighted by atomic mass is 79.9. The lowest BCUT2D eigenvalue weighted by Gasteiger charge is -2.08. The number of carboxylic acids is 1. The van der Waals surface area contributed by atoms with Gasteiger partial charge in [-0.3, -0.25) is 4.79 Å². The minimum absolute atomic E-state index is 0.487. The third kappa shape index (κ3) is 3.79. The van der Waals surface area contributed by atoms with Crippen molar-refractivity contribution in [3.05, 3.63) is 16.4 Å². The van der Waals surface area contributed by atoms with Crippen molar-refractivity contribution < 1.29 is 9.90 Å². The van der Waals surface area contributed by atoms with E-state index in [0.717, 1.165) is 5.69 Å². The Kier molecular flexibility index (Phi) is 4.53. The summed E-state index contributed by atoms with van der Waals surface area (Å²) in [5, 5.41) is 8.89. The Morgan fingerprint density at radius 1 is 1.67 bits per heavy atom. The van der Waals surface area contributed by atoms with Crippen LogP contribution in [0.4, 0.5) is 0 Å².